The van der Waals surface area contributed by atoms with Crippen molar-refractivity contribution in [2.24, 2.45) is 0 Å². The van der Waals surface area contributed by atoms with E-state index in [0.717, 1.165) is 18.1 Å². The van der Waals surface area contributed by atoms with E-state index in [1.807, 2.05) is 19.9 Å². The number of ether oxygens (including phenoxy) is 1. The van der Waals surface area contributed by atoms with Crippen LogP contribution in [0.5, 0.6) is 6.01 Å². The molecule has 12 heavy (non-hydrogen) atoms. The van der Waals surface area contributed by atoms with Gasteiger partial charge in [-0.2, -0.15) is 4.98 Å². The van der Waals surface area contributed by atoms with Gasteiger partial charge in [0, 0.05) is 18.3 Å². The van der Waals surface area contributed by atoms with Crippen LogP contribution < -0.4 is 10.1 Å². The molecule has 0 aliphatic rings. The monoisotopic (exact) mass is 167 g/mol. The molecule has 0 aromatic carbocycles. The lowest BCUT2D eigenvalue weighted by Crippen LogP contribution is -2.02. The highest BCUT2D eigenvalue weighted by atomic mass is 16.5. The van der Waals surface area contributed by atoms with Crippen LogP contribution in [0.1, 0.15) is 12.6 Å². The average Bonchev–Trinajstić information content (AvgIpc) is 2.04. The first-order chi connectivity index (χ1) is 5.76. The Labute approximate surface area is 72.0 Å². The van der Waals surface area contributed by atoms with Gasteiger partial charge in [-0.25, -0.2) is 4.98 Å². The third-order valence-corrected chi connectivity index (χ3v) is 1.37. The lowest BCUT2D eigenvalue weighted by molar-refractivity contribution is 0.379. The van der Waals surface area contributed by atoms with E-state index < -0.39 is 0 Å². The number of nitrogens with zero attached hydrogens (tertiary/aromatic N) is 2. The molecule has 0 radical (unpaired) electrons. The third-order valence-electron chi connectivity index (χ3n) is 1.37. The number of hydrogen-bond acceptors (Lipinski definition) is 4. The van der Waals surface area contributed by atoms with Gasteiger partial charge in [0.2, 0.25) is 0 Å². The van der Waals surface area contributed by atoms with Gasteiger partial charge in [-0.05, 0) is 13.8 Å². The topological polar surface area (TPSA) is 47.0 Å². The first-order valence-corrected chi connectivity index (χ1v) is 3.89. The molecule has 0 aliphatic carbocycles. The highest BCUT2D eigenvalue weighted by molar-refractivity contribution is 5.36. The van der Waals surface area contributed by atoms with Crippen molar-refractivity contribution in [1.82, 2.24) is 9.97 Å². The predicted octanol–water partition coefficient (Wildman–Crippen LogP) is 1.23. The van der Waals surface area contributed by atoms with E-state index in [2.05, 4.69) is 15.3 Å². The Bertz CT molecular complexity index is 262. The second kappa shape index (κ2) is 3.90. The molecule has 1 aromatic heterocycles. The third kappa shape index (κ3) is 2.08. The van der Waals surface area contributed by atoms with Gasteiger partial charge in [-0.1, -0.05) is 0 Å². The number of hydrogen-bond donors (Lipinski definition) is 1. The van der Waals surface area contributed by atoms with E-state index in [1.54, 1.807) is 7.11 Å². The van der Waals surface area contributed by atoms with Gasteiger partial charge in [0.05, 0.1) is 7.11 Å². The zero-order valence-electron chi connectivity index (χ0n) is 7.59. The SMILES string of the molecule is CCNc1cc(C)nc(OC)n1. The molecule has 0 bridgehead atoms. The number of aromatic nitrogens is 2. The van der Waals surface area contributed by atoms with Gasteiger partial charge in [-0.15, -0.1) is 0 Å². The van der Waals surface area contributed by atoms with Gasteiger partial charge >= 0.3 is 6.01 Å². The fourth-order valence-electron chi connectivity index (χ4n) is 0.904. The summed E-state index contributed by atoms with van der Waals surface area (Å²) in [5.41, 5.74) is 0.901. The fourth-order valence-corrected chi connectivity index (χ4v) is 0.904. The van der Waals surface area contributed by atoms with E-state index in [1.165, 1.54) is 0 Å². The van der Waals surface area contributed by atoms with E-state index in [-0.39, 0.29) is 0 Å². The highest BCUT2D eigenvalue weighted by Crippen LogP contribution is 2.09. The molecular weight excluding hydrogens is 154 g/mol. The smallest absolute Gasteiger partial charge is 0.318 e. The molecule has 1 rings (SSSR count). The summed E-state index contributed by atoms with van der Waals surface area (Å²) in [4.78, 5) is 8.16. The Balaban J connectivity index is 2.90. The molecule has 0 amide bonds. The van der Waals surface area contributed by atoms with Crippen molar-refractivity contribution in [3.05, 3.63) is 11.8 Å². The van der Waals surface area contributed by atoms with Gasteiger partial charge in [0.25, 0.3) is 0 Å². The normalized spacial score (nSPS) is 9.58. The molecule has 1 N–H and O–H groups in total. The van der Waals surface area contributed by atoms with Crippen LogP contribution in [0.2, 0.25) is 0 Å². The Morgan fingerprint density at radius 3 is 2.83 bits per heavy atom. The van der Waals surface area contributed by atoms with Crippen LogP contribution in [0.15, 0.2) is 6.07 Å². The molecule has 0 atom stereocenters. The molecule has 4 heteroatoms. The largest absolute Gasteiger partial charge is 0.467 e. The number of methoxy groups -OCH3 is 1. The van der Waals surface area contributed by atoms with E-state index in [4.69, 9.17) is 4.74 Å². The van der Waals surface area contributed by atoms with Crippen LogP contribution in [-0.2, 0) is 0 Å². The Kier molecular flexibility index (Phi) is 2.85. The summed E-state index contributed by atoms with van der Waals surface area (Å²) in [5.74, 6) is 0.807. The molecule has 0 fully saturated rings. The molecule has 66 valence electrons. The summed E-state index contributed by atoms with van der Waals surface area (Å²) in [6.07, 6.45) is 0. The molecule has 4 nitrogen and oxygen atoms in total. The van der Waals surface area contributed by atoms with Crippen LogP contribution in [0.3, 0.4) is 0 Å². The second-order valence-corrected chi connectivity index (χ2v) is 2.41. The number of anilines is 1. The number of nitrogens with one attached hydrogen (secondary N) is 1. The summed E-state index contributed by atoms with van der Waals surface area (Å²) in [6.45, 7) is 4.77. The predicted molar refractivity (Wildman–Crippen MR) is 47.5 cm³/mol. The van der Waals surface area contributed by atoms with Gasteiger partial charge in [0.1, 0.15) is 5.82 Å². The van der Waals surface area contributed by atoms with Crippen molar-refractivity contribution >= 4 is 5.82 Å². The zero-order valence-corrected chi connectivity index (χ0v) is 7.59. The Morgan fingerprint density at radius 2 is 2.25 bits per heavy atom. The number of aryl methyl sites for hydroxylation is 1. The minimum atomic E-state index is 0.408. The summed E-state index contributed by atoms with van der Waals surface area (Å²) in [6, 6.07) is 2.29. The van der Waals surface area contributed by atoms with Gasteiger partial charge in [-0.3, -0.25) is 0 Å². The van der Waals surface area contributed by atoms with Crippen molar-refractivity contribution in [1.29, 1.82) is 0 Å². The van der Waals surface area contributed by atoms with Crippen molar-refractivity contribution < 1.29 is 4.74 Å². The van der Waals surface area contributed by atoms with Crippen molar-refractivity contribution in [3.8, 4) is 6.01 Å². The van der Waals surface area contributed by atoms with Crippen molar-refractivity contribution in [2.75, 3.05) is 19.0 Å². The van der Waals surface area contributed by atoms with Crippen molar-refractivity contribution in [2.45, 2.75) is 13.8 Å². The lowest BCUT2D eigenvalue weighted by atomic mass is 10.4. The van der Waals surface area contributed by atoms with Crippen LogP contribution in [0.25, 0.3) is 0 Å². The Hall–Kier alpha value is -1.32. The highest BCUT2D eigenvalue weighted by Gasteiger charge is 1.99. The standard InChI is InChI=1S/C8H13N3O/c1-4-9-7-5-6(2)10-8(11-7)12-3/h5H,4H2,1-3H3,(H,9,10,11). The van der Waals surface area contributed by atoms with Crippen LogP contribution in [0.4, 0.5) is 5.82 Å². The molecular formula is C8H13N3O. The summed E-state index contributed by atoms with van der Waals surface area (Å²) >= 11 is 0. The van der Waals surface area contributed by atoms with Crippen LogP contribution in [0, 0.1) is 6.92 Å². The Morgan fingerprint density at radius 1 is 1.50 bits per heavy atom. The minimum absolute atomic E-state index is 0.408. The average molecular weight is 167 g/mol. The number of rotatable bonds is 3. The molecule has 0 unspecified atom stereocenters. The van der Waals surface area contributed by atoms with E-state index >= 15 is 0 Å². The van der Waals surface area contributed by atoms with Crippen LogP contribution >= 0.6 is 0 Å². The summed E-state index contributed by atoms with van der Waals surface area (Å²) in [7, 11) is 1.56. The maximum Gasteiger partial charge on any atom is 0.318 e. The first-order valence-electron chi connectivity index (χ1n) is 3.89. The lowest BCUT2D eigenvalue weighted by Gasteiger charge is -2.04. The maximum atomic E-state index is 4.92. The fraction of sp³-hybridized carbons (Fsp3) is 0.500. The molecule has 1 heterocycles. The molecule has 0 saturated carbocycles. The van der Waals surface area contributed by atoms with Gasteiger partial charge < -0.3 is 10.1 Å². The summed E-state index contributed by atoms with van der Waals surface area (Å²) < 4.78 is 4.92. The zero-order chi connectivity index (χ0) is 8.97. The molecule has 1 aromatic rings. The van der Waals surface area contributed by atoms with Crippen molar-refractivity contribution in [3.63, 3.8) is 0 Å². The maximum absolute atomic E-state index is 4.92. The first kappa shape index (κ1) is 8.77. The van der Waals surface area contributed by atoms with E-state index in [9.17, 15) is 0 Å². The van der Waals surface area contributed by atoms with Gasteiger partial charge in [0.15, 0.2) is 0 Å². The van der Waals surface area contributed by atoms with E-state index in [0.29, 0.717) is 6.01 Å². The minimum Gasteiger partial charge on any atom is -0.467 e. The second-order valence-electron chi connectivity index (χ2n) is 2.41. The molecule has 0 spiro atoms. The quantitative estimate of drug-likeness (QED) is 0.735. The molecule has 0 saturated heterocycles. The molecule has 0 aliphatic heterocycles. The summed E-state index contributed by atoms with van der Waals surface area (Å²) in [5, 5.41) is 3.09. The van der Waals surface area contributed by atoms with Crippen LogP contribution in [-0.4, -0.2) is 23.6 Å².